The molecule has 5 aromatic rings. The highest BCUT2D eigenvalue weighted by Crippen LogP contribution is 2.44. The lowest BCUT2D eigenvalue weighted by molar-refractivity contribution is -0.120. The number of carbonyl (C=O) groups is 2. The van der Waals surface area contributed by atoms with Crippen LogP contribution < -0.4 is 31.6 Å². The van der Waals surface area contributed by atoms with Crippen LogP contribution in [-0.4, -0.2) is 58.5 Å². The van der Waals surface area contributed by atoms with E-state index in [1.807, 2.05) is 30.3 Å². The maximum Gasteiger partial charge on any atom is 0.262 e. The van der Waals surface area contributed by atoms with Crippen molar-refractivity contribution in [2.24, 2.45) is 0 Å². The van der Waals surface area contributed by atoms with Gasteiger partial charge < -0.3 is 26.0 Å². The molecule has 284 valence electrons. The molecule has 2 aromatic carbocycles. The summed E-state index contributed by atoms with van der Waals surface area (Å²) in [5.74, 6) is 0.953. The Morgan fingerprint density at radius 3 is 2.24 bits per heavy atom. The third kappa shape index (κ3) is 7.84. The molecule has 0 saturated carbocycles. The second kappa shape index (κ2) is 16.1. The molecule has 2 amide bonds. The standard InChI is InChI=1S/C42H43Cl2N7O4/c1-55-41-26(19-45-22-28-9-12-38(52)48-28)16-35(43)36(50-41)17-24-8-11-33-30(24)4-2-6-32(33)34-7-3-5-31(40(34)44)25-14-15-51-37(18-25)47-21-27(42(51)54)20-46-23-29-10-13-39(53)49-29/h2-7,14-16,18,21,24,28-29,45-46H,8-13,17,19-20,22-23H2,1H3,(H,48,52)(H,49,53)/t24-,28-,29+/m0/s1. The first-order valence-corrected chi connectivity index (χ1v) is 19.6. The Morgan fingerprint density at radius 2 is 1.53 bits per heavy atom. The van der Waals surface area contributed by atoms with Crippen LogP contribution in [0.4, 0.5) is 0 Å². The Labute approximate surface area is 329 Å². The lowest BCUT2D eigenvalue weighted by atomic mass is 9.91. The number of halogens is 2. The van der Waals surface area contributed by atoms with Crippen LogP contribution in [0, 0.1) is 0 Å². The topological polar surface area (TPSA) is 139 Å². The third-order valence-electron chi connectivity index (χ3n) is 11.1. The molecule has 0 unspecified atom stereocenters. The van der Waals surface area contributed by atoms with Crippen molar-refractivity contribution in [1.29, 1.82) is 0 Å². The summed E-state index contributed by atoms with van der Waals surface area (Å²) in [4.78, 5) is 45.9. The van der Waals surface area contributed by atoms with Crippen molar-refractivity contribution in [2.45, 2.75) is 76.0 Å². The van der Waals surface area contributed by atoms with Gasteiger partial charge in [-0.1, -0.05) is 59.6 Å². The van der Waals surface area contributed by atoms with Crippen LogP contribution in [0.5, 0.6) is 5.88 Å². The van der Waals surface area contributed by atoms with E-state index >= 15 is 0 Å². The number of ether oxygens (including phenoxy) is 1. The fraction of sp³-hybridized carbons (Fsp3) is 0.357. The Bertz CT molecular complexity index is 2350. The van der Waals surface area contributed by atoms with Crippen molar-refractivity contribution in [3.05, 3.63) is 115 Å². The number of carbonyl (C=O) groups excluding carboxylic acids is 2. The lowest BCUT2D eigenvalue weighted by Gasteiger charge is -2.17. The largest absolute Gasteiger partial charge is 0.481 e. The van der Waals surface area contributed by atoms with E-state index in [2.05, 4.69) is 50.5 Å². The molecule has 0 spiro atoms. The summed E-state index contributed by atoms with van der Waals surface area (Å²) in [6, 6.07) is 18.5. The van der Waals surface area contributed by atoms with Crippen LogP contribution in [0.15, 0.2) is 71.8 Å². The lowest BCUT2D eigenvalue weighted by Crippen LogP contribution is -2.36. The normalized spacial score (nSPS) is 19.1. The molecular weight excluding hydrogens is 737 g/mol. The van der Waals surface area contributed by atoms with E-state index < -0.39 is 0 Å². The number of hydrogen-bond acceptors (Lipinski definition) is 8. The molecule has 3 aliphatic rings. The number of pyridine rings is 2. The fourth-order valence-corrected chi connectivity index (χ4v) is 8.81. The first kappa shape index (κ1) is 37.1. The molecule has 2 aliphatic heterocycles. The van der Waals surface area contributed by atoms with Gasteiger partial charge in [-0.3, -0.25) is 18.8 Å². The molecule has 11 nitrogen and oxygen atoms in total. The number of nitrogens with zero attached hydrogens (tertiary/aromatic N) is 3. The molecule has 2 fully saturated rings. The molecule has 13 heteroatoms. The van der Waals surface area contributed by atoms with E-state index in [9.17, 15) is 14.4 Å². The van der Waals surface area contributed by atoms with Crippen LogP contribution in [-0.2, 0) is 35.5 Å². The summed E-state index contributed by atoms with van der Waals surface area (Å²) in [7, 11) is 1.63. The predicted molar refractivity (Wildman–Crippen MR) is 214 cm³/mol. The summed E-state index contributed by atoms with van der Waals surface area (Å²) >= 11 is 14.1. The van der Waals surface area contributed by atoms with Gasteiger partial charge in [-0.25, -0.2) is 9.97 Å². The van der Waals surface area contributed by atoms with Gasteiger partial charge in [-0.2, -0.15) is 0 Å². The summed E-state index contributed by atoms with van der Waals surface area (Å²) < 4.78 is 7.25. The summed E-state index contributed by atoms with van der Waals surface area (Å²) in [6.45, 7) is 2.18. The Hall–Kier alpha value is -4.81. The van der Waals surface area contributed by atoms with E-state index in [0.29, 0.717) is 72.6 Å². The minimum Gasteiger partial charge on any atom is -0.481 e. The highest BCUT2D eigenvalue weighted by Gasteiger charge is 2.28. The van der Waals surface area contributed by atoms with Crippen LogP contribution in [0.2, 0.25) is 10.0 Å². The number of rotatable bonds is 13. The molecule has 4 N–H and O–H groups in total. The second-order valence-corrected chi connectivity index (χ2v) is 15.5. The van der Waals surface area contributed by atoms with Crippen LogP contribution in [0.1, 0.15) is 66.0 Å². The maximum absolute atomic E-state index is 13.3. The number of amides is 2. The molecule has 3 atom stereocenters. The number of methoxy groups -OCH3 is 1. The number of hydrogen-bond donors (Lipinski definition) is 4. The third-order valence-corrected chi connectivity index (χ3v) is 11.8. The van der Waals surface area contributed by atoms with Gasteiger partial charge in [0.1, 0.15) is 5.65 Å². The van der Waals surface area contributed by atoms with Crippen molar-refractivity contribution < 1.29 is 14.3 Å². The van der Waals surface area contributed by atoms with Gasteiger partial charge in [-0.15, -0.1) is 0 Å². The summed E-state index contributed by atoms with van der Waals surface area (Å²) in [5.41, 5.74) is 8.97. The van der Waals surface area contributed by atoms with Crippen molar-refractivity contribution >= 4 is 40.7 Å². The predicted octanol–water partition coefficient (Wildman–Crippen LogP) is 5.75. The zero-order valence-electron chi connectivity index (χ0n) is 30.6. The van der Waals surface area contributed by atoms with Gasteiger partial charge in [-0.05, 0) is 78.5 Å². The molecular formula is C42H43Cl2N7O4. The minimum absolute atomic E-state index is 0.0691. The van der Waals surface area contributed by atoms with Crippen molar-refractivity contribution in [3.8, 4) is 28.1 Å². The molecule has 1 aliphatic carbocycles. The summed E-state index contributed by atoms with van der Waals surface area (Å²) in [6.07, 6.45) is 8.66. The zero-order chi connectivity index (χ0) is 38.1. The van der Waals surface area contributed by atoms with Crippen LogP contribution in [0.25, 0.3) is 27.9 Å². The fourth-order valence-electron chi connectivity index (χ4n) is 8.22. The molecule has 0 bridgehead atoms. The number of benzene rings is 2. The van der Waals surface area contributed by atoms with E-state index in [4.69, 9.17) is 32.9 Å². The van der Waals surface area contributed by atoms with Gasteiger partial charge in [0.05, 0.1) is 22.8 Å². The average Bonchev–Trinajstić information content (AvgIpc) is 3.93. The molecule has 8 rings (SSSR count). The molecule has 3 aromatic heterocycles. The highest BCUT2D eigenvalue weighted by atomic mass is 35.5. The highest BCUT2D eigenvalue weighted by molar-refractivity contribution is 6.36. The molecule has 5 heterocycles. The first-order chi connectivity index (χ1) is 26.7. The van der Waals surface area contributed by atoms with Crippen LogP contribution >= 0.6 is 23.2 Å². The number of nitrogens with one attached hydrogen (secondary N) is 4. The van der Waals surface area contributed by atoms with Crippen molar-refractivity contribution in [2.75, 3.05) is 20.2 Å². The smallest absolute Gasteiger partial charge is 0.262 e. The van der Waals surface area contributed by atoms with E-state index in [0.717, 1.165) is 59.2 Å². The van der Waals surface area contributed by atoms with Gasteiger partial charge in [0.25, 0.3) is 5.56 Å². The van der Waals surface area contributed by atoms with E-state index in [-0.39, 0.29) is 35.4 Å². The Kier molecular flexibility index (Phi) is 10.9. The van der Waals surface area contributed by atoms with Gasteiger partial charge in [0.2, 0.25) is 17.7 Å². The molecule has 2 saturated heterocycles. The molecule has 0 radical (unpaired) electrons. The monoisotopic (exact) mass is 779 g/mol. The average molecular weight is 781 g/mol. The van der Waals surface area contributed by atoms with E-state index in [1.165, 1.54) is 11.1 Å². The SMILES string of the molecule is COc1nc(C[C@@H]2CCc3c(-c4cccc(-c5ccn6c(=O)c(CNC[C@H]7CCC(=O)N7)cnc6c5)c4Cl)cccc32)c(Cl)cc1CNC[C@@H]1CCC(=O)N1. The Balaban J connectivity index is 0.985. The van der Waals surface area contributed by atoms with Gasteiger partial charge in [0.15, 0.2) is 0 Å². The summed E-state index contributed by atoms with van der Waals surface area (Å²) in [5, 5.41) is 13.9. The minimum atomic E-state index is -0.136. The van der Waals surface area contributed by atoms with Crippen LogP contribution in [0.3, 0.4) is 0 Å². The van der Waals surface area contributed by atoms with E-state index in [1.54, 1.807) is 23.9 Å². The zero-order valence-corrected chi connectivity index (χ0v) is 32.1. The van der Waals surface area contributed by atoms with Gasteiger partial charge >= 0.3 is 0 Å². The second-order valence-electron chi connectivity index (χ2n) is 14.7. The first-order valence-electron chi connectivity index (χ1n) is 18.9. The van der Waals surface area contributed by atoms with Crippen molar-refractivity contribution in [1.82, 2.24) is 35.6 Å². The number of aromatic nitrogens is 3. The quantitative estimate of drug-likeness (QED) is 0.119. The Morgan fingerprint density at radius 1 is 0.836 bits per heavy atom. The van der Waals surface area contributed by atoms with Gasteiger partial charge in [0, 0.05) is 85.8 Å². The maximum atomic E-state index is 13.3. The number of fused-ring (bicyclic) bond motifs is 2. The molecule has 55 heavy (non-hydrogen) atoms. The van der Waals surface area contributed by atoms with Crippen molar-refractivity contribution in [3.63, 3.8) is 0 Å².